The van der Waals surface area contributed by atoms with Crippen molar-refractivity contribution >= 4 is 45.7 Å². The molecule has 0 fully saturated rings. The molecule has 2 rings (SSSR count). The molecule has 140 valence electrons. The molecule has 1 aromatic carbocycles. The highest BCUT2D eigenvalue weighted by Crippen LogP contribution is 2.24. The van der Waals surface area contributed by atoms with E-state index in [4.69, 9.17) is 11.6 Å². The van der Waals surface area contributed by atoms with Gasteiger partial charge in [-0.1, -0.05) is 36.8 Å². The summed E-state index contributed by atoms with van der Waals surface area (Å²) in [6, 6.07) is 6.38. The Morgan fingerprint density at radius 3 is 2.31 bits per heavy atom. The molecule has 0 saturated heterocycles. The Morgan fingerprint density at radius 2 is 1.73 bits per heavy atom. The van der Waals surface area contributed by atoms with Crippen LogP contribution >= 0.6 is 22.9 Å². The summed E-state index contributed by atoms with van der Waals surface area (Å²) in [5.41, 5.74) is 1.24. The fourth-order valence-corrected chi connectivity index (χ4v) is 3.49. The number of nitrogens with one attached hydrogen (secondary N) is 2. The van der Waals surface area contributed by atoms with Gasteiger partial charge in [0.05, 0.1) is 5.69 Å². The van der Waals surface area contributed by atoms with Crippen LogP contribution in [-0.4, -0.2) is 34.9 Å². The number of benzene rings is 1. The Morgan fingerprint density at radius 1 is 1.12 bits per heavy atom. The van der Waals surface area contributed by atoms with E-state index in [1.54, 1.807) is 31.2 Å². The summed E-state index contributed by atoms with van der Waals surface area (Å²) in [6.07, 6.45) is 1.80. The molecule has 0 bridgehead atoms. The molecule has 3 amide bonds. The number of rotatable bonds is 7. The number of carbonyl (C=O) groups is 2. The van der Waals surface area contributed by atoms with Gasteiger partial charge in [0.15, 0.2) is 5.13 Å². The minimum absolute atomic E-state index is 0.0325. The first-order chi connectivity index (χ1) is 12.4. The molecular weight excluding hydrogens is 372 g/mol. The lowest BCUT2D eigenvalue weighted by Gasteiger charge is -2.20. The van der Waals surface area contributed by atoms with Crippen molar-refractivity contribution in [2.24, 2.45) is 0 Å². The van der Waals surface area contributed by atoms with Gasteiger partial charge < -0.3 is 10.2 Å². The van der Waals surface area contributed by atoms with Gasteiger partial charge in [0.1, 0.15) is 4.88 Å². The van der Waals surface area contributed by atoms with Crippen LogP contribution in [0.25, 0.3) is 0 Å². The van der Waals surface area contributed by atoms with E-state index in [1.807, 2.05) is 18.7 Å². The summed E-state index contributed by atoms with van der Waals surface area (Å²) in [7, 11) is 0. The standard InChI is InChI=1S/C18H23ClN4O2S/c1-4-10-23(11-5-2)16(24)15-12(3)20-18(26-15)22-17(25)21-14-8-6-13(19)7-9-14/h6-9H,4-5,10-11H2,1-3H3,(H2,20,21,22,25). The van der Waals surface area contributed by atoms with E-state index in [-0.39, 0.29) is 5.91 Å². The molecule has 1 aromatic heterocycles. The molecule has 1 heterocycles. The SMILES string of the molecule is CCCN(CCC)C(=O)c1sc(NC(=O)Nc2ccc(Cl)cc2)nc1C. The zero-order valence-electron chi connectivity index (χ0n) is 15.1. The van der Waals surface area contributed by atoms with Crippen molar-refractivity contribution in [3.05, 3.63) is 39.9 Å². The first kappa shape index (κ1) is 20.2. The maximum atomic E-state index is 12.7. The molecule has 0 unspecified atom stereocenters. The average Bonchev–Trinajstić information content (AvgIpc) is 2.96. The van der Waals surface area contributed by atoms with Gasteiger partial charge in [0, 0.05) is 23.8 Å². The molecule has 0 spiro atoms. The quantitative estimate of drug-likeness (QED) is 0.693. The first-order valence-electron chi connectivity index (χ1n) is 8.54. The zero-order chi connectivity index (χ0) is 19.1. The second-order valence-corrected chi connectivity index (χ2v) is 7.25. The van der Waals surface area contributed by atoms with Gasteiger partial charge in [-0.15, -0.1) is 0 Å². The maximum Gasteiger partial charge on any atom is 0.325 e. The highest BCUT2D eigenvalue weighted by atomic mass is 35.5. The Hall–Kier alpha value is -2.12. The van der Waals surface area contributed by atoms with Gasteiger partial charge in [-0.2, -0.15) is 0 Å². The van der Waals surface area contributed by atoms with Gasteiger partial charge in [0.2, 0.25) is 0 Å². The van der Waals surface area contributed by atoms with Crippen molar-refractivity contribution in [3.63, 3.8) is 0 Å². The Bertz CT molecular complexity index is 755. The summed E-state index contributed by atoms with van der Waals surface area (Å²) in [6.45, 7) is 7.29. The number of carbonyl (C=O) groups excluding carboxylic acids is 2. The number of urea groups is 1. The molecule has 0 radical (unpaired) electrons. The van der Waals surface area contributed by atoms with Crippen molar-refractivity contribution in [2.75, 3.05) is 23.7 Å². The van der Waals surface area contributed by atoms with Gasteiger partial charge in [-0.3, -0.25) is 10.1 Å². The predicted molar refractivity (Wildman–Crippen MR) is 107 cm³/mol. The highest BCUT2D eigenvalue weighted by Gasteiger charge is 2.21. The molecule has 0 aliphatic carbocycles. The van der Waals surface area contributed by atoms with Crippen molar-refractivity contribution < 1.29 is 9.59 Å². The van der Waals surface area contributed by atoms with Gasteiger partial charge in [-0.25, -0.2) is 9.78 Å². The van der Waals surface area contributed by atoms with Crippen LogP contribution < -0.4 is 10.6 Å². The molecule has 2 aromatic rings. The summed E-state index contributed by atoms with van der Waals surface area (Å²) in [4.78, 5) is 31.5. The highest BCUT2D eigenvalue weighted by molar-refractivity contribution is 7.17. The van der Waals surface area contributed by atoms with Crippen LogP contribution in [0.2, 0.25) is 5.02 Å². The second-order valence-electron chi connectivity index (χ2n) is 5.81. The normalized spacial score (nSPS) is 10.5. The van der Waals surface area contributed by atoms with E-state index in [2.05, 4.69) is 15.6 Å². The molecule has 26 heavy (non-hydrogen) atoms. The summed E-state index contributed by atoms with van der Waals surface area (Å²) in [5, 5.41) is 6.37. The van der Waals surface area contributed by atoms with Crippen molar-refractivity contribution in [3.8, 4) is 0 Å². The smallest absolute Gasteiger partial charge is 0.325 e. The van der Waals surface area contributed by atoms with Crippen LogP contribution in [0.15, 0.2) is 24.3 Å². The van der Waals surface area contributed by atoms with E-state index in [0.717, 1.165) is 12.8 Å². The summed E-state index contributed by atoms with van der Waals surface area (Å²) >= 11 is 7.02. The number of halogens is 1. The van der Waals surface area contributed by atoms with Gasteiger partial charge >= 0.3 is 6.03 Å². The Labute approximate surface area is 162 Å². The lowest BCUT2D eigenvalue weighted by Crippen LogP contribution is -2.32. The summed E-state index contributed by atoms with van der Waals surface area (Å²) in [5.74, 6) is -0.0325. The molecule has 0 aliphatic heterocycles. The maximum absolute atomic E-state index is 12.7. The van der Waals surface area contributed by atoms with Gasteiger partial charge in [0.25, 0.3) is 5.91 Å². The minimum Gasteiger partial charge on any atom is -0.338 e. The number of nitrogens with zero attached hydrogens (tertiary/aromatic N) is 2. The number of hydrogen-bond donors (Lipinski definition) is 2. The molecule has 8 heteroatoms. The Balaban J connectivity index is 2.05. The van der Waals surface area contributed by atoms with Crippen LogP contribution in [0, 0.1) is 6.92 Å². The third-order valence-electron chi connectivity index (χ3n) is 3.59. The van der Waals surface area contributed by atoms with E-state index in [1.165, 1.54) is 11.3 Å². The number of aryl methyl sites for hydroxylation is 1. The molecule has 6 nitrogen and oxygen atoms in total. The number of amides is 3. The second kappa shape index (κ2) is 9.54. The first-order valence-corrected chi connectivity index (χ1v) is 9.74. The van der Waals surface area contributed by atoms with Crippen LogP contribution in [0.3, 0.4) is 0 Å². The Kier molecular flexibility index (Phi) is 7.41. The van der Waals surface area contributed by atoms with E-state index in [9.17, 15) is 9.59 Å². The van der Waals surface area contributed by atoms with Crippen LogP contribution in [-0.2, 0) is 0 Å². The van der Waals surface area contributed by atoms with Crippen molar-refractivity contribution in [1.29, 1.82) is 0 Å². The van der Waals surface area contributed by atoms with Gasteiger partial charge in [-0.05, 0) is 44.0 Å². The lowest BCUT2D eigenvalue weighted by molar-refractivity contribution is 0.0759. The molecule has 0 atom stereocenters. The van der Waals surface area contributed by atoms with E-state index >= 15 is 0 Å². The average molecular weight is 395 g/mol. The van der Waals surface area contributed by atoms with Crippen LogP contribution in [0.4, 0.5) is 15.6 Å². The monoisotopic (exact) mass is 394 g/mol. The number of anilines is 2. The molecule has 0 saturated carbocycles. The predicted octanol–water partition coefficient (Wildman–Crippen LogP) is 5.01. The number of aromatic nitrogens is 1. The number of thiazole rings is 1. The molecule has 0 aliphatic rings. The third-order valence-corrected chi connectivity index (χ3v) is 4.90. The van der Waals surface area contributed by atoms with Crippen LogP contribution in [0.1, 0.15) is 42.1 Å². The fourth-order valence-electron chi connectivity index (χ4n) is 2.44. The number of hydrogen-bond acceptors (Lipinski definition) is 4. The van der Waals surface area contributed by atoms with Crippen LogP contribution in [0.5, 0.6) is 0 Å². The van der Waals surface area contributed by atoms with Crippen molar-refractivity contribution in [2.45, 2.75) is 33.6 Å². The molecular formula is C18H23ClN4O2S. The van der Waals surface area contributed by atoms with Crippen molar-refractivity contribution in [1.82, 2.24) is 9.88 Å². The minimum atomic E-state index is -0.418. The summed E-state index contributed by atoms with van der Waals surface area (Å²) < 4.78 is 0. The topological polar surface area (TPSA) is 74.3 Å². The lowest BCUT2D eigenvalue weighted by atomic mass is 10.3. The third kappa shape index (κ3) is 5.44. The molecule has 2 N–H and O–H groups in total. The fraction of sp³-hybridized carbons (Fsp3) is 0.389. The largest absolute Gasteiger partial charge is 0.338 e. The van der Waals surface area contributed by atoms with E-state index in [0.29, 0.717) is 39.5 Å². The zero-order valence-corrected chi connectivity index (χ0v) is 16.7. The van der Waals surface area contributed by atoms with E-state index < -0.39 is 6.03 Å².